The molecule has 5 aromatic rings. The van der Waals surface area contributed by atoms with Crippen molar-refractivity contribution in [3.8, 4) is 16.5 Å². The van der Waals surface area contributed by atoms with Crippen molar-refractivity contribution in [2.45, 2.75) is 52.9 Å². The number of hydrogen-bond donors (Lipinski definition) is 2. The molecule has 0 atom stereocenters. The summed E-state index contributed by atoms with van der Waals surface area (Å²) in [6.45, 7) is 8.69. The molecule has 54 heavy (non-hydrogen) atoms. The van der Waals surface area contributed by atoms with E-state index in [-0.39, 0.29) is 72.0 Å². The van der Waals surface area contributed by atoms with Crippen molar-refractivity contribution in [1.82, 2.24) is 38.9 Å². The number of likely N-dealkylation sites (N-methyl/N-ethyl adjacent to an activating group) is 1. The largest absolute Gasteiger partial charge is 0.504 e. The van der Waals surface area contributed by atoms with Crippen LogP contribution in [0.3, 0.4) is 0 Å². The molecule has 0 saturated carbocycles. The van der Waals surface area contributed by atoms with Crippen LogP contribution < -0.4 is 15.8 Å². The lowest BCUT2D eigenvalue weighted by molar-refractivity contribution is -0.137. The van der Waals surface area contributed by atoms with Gasteiger partial charge < -0.3 is 24.8 Å². The Morgan fingerprint density at radius 2 is 1.83 bits per heavy atom. The summed E-state index contributed by atoms with van der Waals surface area (Å²) in [5.74, 6) is -0.938. The second-order valence-corrected chi connectivity index (χ2v) is 14.6. The van der Waals surface area contributed by atoms with Crippen LogP contribution in [0.4, 0.5) is 24.5 Å². The van der Waals surface area contributed by atoms with E-state index in [9.17, 15) is 32.7 Å². The van der Waals surface area contributed by atoms with Crippen LogP contribution in [-0.4, -0.2) is 95.1 Å². The topological polar surface area (TPSA) is 154 Å². The first-order valence-electron chi connectivity index (χ1n) is 17.3. The number of thiophene rings is 1. The van der Waals surface area contributed by atoms with Crippen LogP contribution in [-0.2, 0) is 36.9 Å². The Kier molecular flexibility index (Phi) is 10.1. The molecular weight excluding hydrogens is 749 g/mol. The third-order valence-electron chi connectivity index (χ3n) is 9.75. The number of piperazine rings is 1. The number of fused-ring (bicyclic) bond motifs is 2. The molecule has 14 nitrogen and oxygen atoms in total. The molecular formula is C35H36ClF3N10O4S. The molecule has 0 aliphatic carbocycles. The lowest BCUT2D eigenvalue weighted by atomic mass is 10.1. The first kappa shape index (κ1) is 37.3. The van der Waals surface area contributed by atoms with E-state index >= 15 is 0 Å². The number of aromatic nitrogens is 6. The lowest BCUT2D eigenvalue weighted by Gasteiger charge is -2.36. The predicted octanol–water partition coefficient (Wildman–Crippen LogP) is 4.64. The molecule has 4 aromatic heterocycles. The van der Waals surface area contributed by atoms with Crippen LogP contribution in [0.1, 0.15) is 51.7 Å². The molecule has 19 heteroatoms. The van der Waals surface area contributed by atoms with Gasteiger partial charge in [0.2, 0.25) is 11.7 Å². The van der Waals surface area contributed by atoms with Crippen LogP contribution in [0, 0.1) is 6.92 Å². The summed E-state index contributed by atoms with van der Waals surface area (Å²) in [6.07, 6.45) is -2.23. The van der Waals surface area contributed by atoms with Gasteiger partial charge in [0, 0.05) is 44.1 Å². The fourth-order valence-corrected chi connectivity index (χ4v) is 8.23. The van der Waals surface area contributed by atoms with Crippen molar-refractivity contribution in [3.05, 3.63) is 79.1 Å². The average Bonchev–Trinajstić information content (AvgIpc) is 3.79. The predicted molar refractivity (Wildman–Crippen MR) is 196 cm³/mol. The summed E-state index contributed by atoms with van der Waals surface area (Å²) >= 11 is 7.72. The number of rotatable bonds is 8. The molecule has 1 fully saturated rings. The number of benzene rings is 1. The van der Waals surface area contributed by atoms with E-state index in [2.05, 4.69) is 32.2 Å². The highest BCUT2D eigenvalue weighted by Gasteiger charge is 2.33. The molecule has 1 aromatic carbocycles. The summed E-state index contributed by atoms with van der Waals surface area (Å²) in [4.78, 5) is 61.7. The highest BCUT2D eigenvalue weighted by atomic mass is 35.5. The SMILES string of the molecule is CCc1c(N2CCN(C(=O)c3ncnc(C)c3O)CC2)c(=O)n2nc(-c3cc4c(s3)CN(CC)CC4)nc2n1CC(=O)Nc1ccc(C(F)(F)F)cc1Cl. The smallest absolute Gasteiger partial charge is 0.416 e. The molecule has 6 heterocycles. The fourth-order valence-electron chi connectivity index (χ4n) is 6.82. The van der Waals surface area contributed by atoms with Gasteiger partial charge in [0.05, 0.1) is 32.5 Å². The van der Waals surface area contributed by atoms with Gasteiger partial charge in [-0.1, -0.05) is 25.4 Å². The monoisotopic (exact) mass is 784 g/mol. The Balaban J connectivity index is 1.25. The Labute approximate surface area is 315 Å². The van der Waals surface area contributed by atoms with E-state index in [1.165, 1.54) is 26.2 Å². The maximum atomic E-state index is 14.4. The number of amides is 2. The van der Waals surface area contributed by atoms with Crippen molar-refractivity contribution in [1.29, 1.82) is 0 Å². The van der Waals surface area contributed by atoms with Gasteiger partial charge in [0.15, 0.2) is 17.3 Å². The Morgan fingerprint density at radius 1 is 1.07 bits per heavy atom. The van der Waals surface area contributed by atoms with Crippen molar-refractivity contribution >= 4 is 51.9 Å². The van der Waals surface area contributed by atoms with E-state index in [0.29, 0.717) is 17.9 Å². The maximum Gasteiger partial charge on any atom is 0.416 e. The highest BCUT2D eigenvalue weighted by Crippen LogP contribution is 2.35. The number of nitrogens with one attached hydrogen (secondary N) is 1. The minimum absolute atomic E-state index is 0.0110. The standard InChI is InChI=1S/C35H36ClF3N10O4S/c1-4-24-29(46-10-12-47(13-11-46)32(52)28-30(51)19(3)40-18-41-28)33(53)49-34(43-31(44-49)25-14-20-8-9-45(5-2)16-26(20)54-25)48(24)17-27(50)42-23-7-6-21(15-22(23)36)35(37,38)39/h6-7,14-15,18,51H,4-5,8-13,16-17H2,1-3H3,(H,42,50). The molecule has 2 amide bonds. The summed E-state index contributed by atoms with van der Waals surface area (Å²) in [5, 5.41) is 17.4. The van der Waals surface area contributed by atoms with E-state index in [1.807, 2.05) is 17.9 Å². The van der Waals surface area contributed by atoms with Gasteiger partial charge in [0.1, 0.15) is 18.6 Å². The minimum Gasteiger partial charge on any atom is -0.504 e. The second kappa shape index (κ2) is 14.6. The first-order valence-corrected chi connectivity index (χ1v) is 18.5. The molecule has 2 N–H and O–H groups in total. The summed E-state index contributed by atoms with van der Waals surface area (Å²) in [7, 11) is 0. The Bertz CT molecular complexity index is 2330. The highest BCUT2D eigenvalue weighted by molar-refractivity contribution is 7.15. The van der Waals surface area contributed by atoms with Gasteiger partial charge in [-0.2, -0.15) is 22.7 Å². The van der Waals surface area contributed by atoms with Crippen LogP contribution in [0.15, 0.2) is 35.4 Å². The van der Waals surface area contributed by atoms with Gasteiger partial charge in [-0.3, -0.25) is 19.3 Å². The normalized spacial score (nSPS) is 15.2. The Morgan fingerprint density at radius 3 is 2.52 bits per heavy atom. The number of hydrogen-bond acceptors (Lipinski definition) is 11. The average molecular weight is 785 g/mol. The van der Waals surface area contributed by atoms with E-state index in [1.54, 1.807) is 22.8 Å². The minimum atomic E-state index is -4.61. The zero-order chi connectivity index (χ0) is 38.5. The molecule has 1 saturated heterocycles. The number of carbonyl (C=O) groups is 2. The van der Waals surface area contributed by atoms with E-state index < -0.39 is 29.1 Å². The summed E-state index contributed by atoms with van der Waals surface area (Å²) < 4.78 is 42.6. The number of nitrogens with zero attached hydrogens (tertiary/aromatic N) is 9. The molecule has 7 rings (SSSR count). The number of halogens is 4. The number of aryl methyl sites for hydroxylation is 1. The van der Waals surface area contributed by atoms with Crippen molar-refractivity contribution in [2.24, 2.45) is 0 Å². The van der Waals surface area contributed by atoms with Gasteiger partial charge in [-0.05, 0) is 56.1 Å². The first-order chi connectivity index (χ1) is 25.8. The molecule has 0 spiro atoms. The van der Waals surface area contributed by atoms with Gasteiger partial charge in [-0.25, -0.2) is 9.97 Å². The molecule has 2 aliphatic rings. The van der Waals surface area contributed by atoms with E-state index in [0.717, 1.165) is 49.1 Å². The van der Waals surface area contributed by atoms with E-state index in [4.69, 9.17) is 16.6 Å². The summed E-state index contributed by atoms with van der Waals surface area (Å²) in [5.41, 5.74) is 0.705. The Hall–Kier alpha value is -5.07. The van der Waals surface area contributed by atoms with Crippen LogP contribution in [0.5, 0.6) is 5.75 Å². The zero-order valence-corrected chi connectivity index (χ0v) is 31.1. The fraction of sp³-hybridized carbons (Fsp3) is 0.400. The van der Waals surface area contributed by atoms with Gasteiger partial charge in [0.25, 0.3) is 11.5 Å². The molecule has 284 valence electrons. The zero-order valence-electron chi connectivity index (χ0n) is 29.6. The summed E-state index contributed by atoms with van der Waals surface area (Å²) in [6, 6.07) is 4.71. The van der Waals surface area contributed by atoms with Crippen LogP contribution >= 0.6 is 22.9 Å². The second-order valence-electron chi connectivity index (χ2n) is 13.0. The number of alkyl halides is 3. The van der Waals surface area contributed by atoms with Crippen LogP contribution in [0.25, 0.3) is 16.5 Å². The molecule has 2 aliphatic heterocycles. The molecule has 0 radical (unpaired) electrons. The van der Waals surface area contributed by atoms with Crippen molar-refractivity contribution in [3.63, 3.8) is 0 Å². The quantitative estimate of drug-likeness (QED) is 0.228. The van der Waals surface area contributed by atoms with Gasteiger partial charge in [-0.15, -0.1) is 16.4 Å². The van der Waals surface area contributed by atoms with Gasteiger partial charge >= 0.3 is 6.18 Å². The third kappa shape index (κ3) is 7.00. The number of anilines is 2. The maximum absolute atomic E-state index is 14.4. The molecule has 0 unspecified atom stereocenters. The van der Waals surface area contributed by atoms with Crippen molar-refractivity contribution < 1.29 is 27.9 Å². The van der Waals surface area contributed by atoms with Crippen molar-refractivity contribution in [2.75, 3.05) is 49.5 Å². The number of carbonyl (C=O) groups excluding carboxylic acids is 2. The lowest BCUT2D eigenvalue weighted by Crippen LogP contribution is -2.51. The van der Waals surface area contributed by atoms with Crippen LogP contribution in [0.2, 0.25) is 5.02 Å². The third-order valence-corrected chi connectivity index (χ3v) is 11.2. The molecule has 0 bridgehead atoms. The number of aromatic hydroxyl groups is 1.